The Balaban J connectivity index is 2.74. The number of carbonyl (C=O) groups is 2. The minimum absolute atomic E-state index is 0.0972. The van der Waals surface area contributed by atoms with E-state index in [1.807, 2.05) is 0 Å². The molecule has 0 aromatic heterocycles. The predicted octanol–water partition coefficient (Wildman–Crippen LogP) is 3.22. The fourth-order valence-corrected chi connectivity index (χ4v) is 2.28. The van der Waals surface area contributed by atoms with E-state index in [0.29, 0.717) is 16.5 Å². The molecular weight excluding hydrogens is 286 g/mol. The van der Waals surface area contributed by atoms with Gasteiger partial charge in [-0.15, -0.1) is 0 Å². The number of rotatable bonds is 4. The van der Waals surface area contributed by atoms with Crippen molar-refractivity contribution >= 4 is 34.6 Å². The fourth-order valence-electron chi connectivity index (χ4n) is 1.30. The van der Waals surface area contributed by atoms with E-state index in [9.17, 15) is 9.59 Å². The number of hydrogen-bond donors (Lipinski definition) is 0. The van der Waals surface area contributed by atoms with Crippen LogP contribution in [0, 0.1) is 0 Å². The molecule has 0 radical (unpaired) electrons. The molecule has 19 heavy (non-hydrogen) atoms. The molecule has 6 heteroatoms. The standard InChI is InChI=1S/C13H16ClNO3S/c1-4-18-12(16)8-9-5-6-11(10(14)7-9)19-13(17)15(2)3/h5-7H,4,8H2,1-3H3. The number of thioether (sulfide) groups is 1. The number of carbonyl (C=O) groups excluding carboxylic acids is 2. The quantitative estimate of drug-likeness (QED) is 0.633. The maximum atomic E-state index is 11.6. The van der Waals surface area contributed by atoms with Gasteiger partial charge in [0.2, 0.25) is 0 Å². The van der Waals surface area contributed by atoms with Gasteiger partial charge in [-0.3, -0.25) is 9.59 Å². The lowest BCUT2D eigenvalue weighted by atomic mass is 10.1. The Bertz CT molecular complexity index is 477. The van der Waals surface area contributed by atoms with Crippen molar-refractivity contribution in [2.24, 2.45) is 0 Å². The second-order valence-electron chi connectivity index (χ2n) is 4.01. The van der Waals surface area contributed by atoms with Gasteiger partial charge in [-0.1, -0.05) is 17.7 Å². The molecule has 0 bridgehead atoms. The summed E-state index contributed by atoms with van der Waals surface area (Å²) in [6.45, 7) is 2.12. The minimum Gasteiger partial charge on any atom is -0.466 e. The van der Waals surface area contributed by atoms with Gasteiger partial charge in [0, 0.05) is 19.0 Å². The van der Waals surface area contributed by atoms with E-state index in [1.54, 1.807) is 39.2 Å². The van der Waals surface area contributed by atoms with Gasteiger partial charge in [-0.05, 0) is 36.4 Å². The zero-order chi connectivity index (χ0) is 14.4. The summed E-state index contributed by atoms with van der Waals surface area (Å²) in [5.41, 5.74) is 0.769. The van der Waals surface area contributed by atoms with Crippen LogP contribution in [-0.4, -0.2) is 36.8 Å². The van der Waals surface area contributed by atoms with Crippen LogP contribution in [-0.2, 0) is 16.0 Å². The van der Waals surface area contributed by atoms with E-state index in [0.717, 1.165) is 17.3 Å². The molecule has 1 rings (SSSR count). The van der Waals surface area contributed by atoms with E-state index in [1.165, 1.54) is 4.90 Å². The zero-order valence-electron chi connectivity index (χ0n) is 11.1. The van der Waals surface area contributed by atoms with Crippen molar-refractivity contribution in [2.75, 3.05) is 20.7 Å². The summed E-state index contributed by atoms with van der Waals surface area (Å²) in [4.78, 5) is 25.1. The molecule has 0 atom stereocenters. The largest absolute Gasteiger partial charge is 0.466 e. The number of amides is 1. The normalized spacial score (nSPS) is 10.1. The van der Waals surface area contributed by atoms with Crippen LogP contribution >= 0.6 is 23.4 Å². The summed E-state index contributed by atoms with van der Waals surface area (Å²) >= 11 is 7.15. The zero-order valence-corrected chi connectivity index (χ0v) is 12.7. The average Bonchev–Trinajstić information content (AvgIpc) is 2.32. The highest BCUT2D eigenvalue weighted by Gasteiger charge is 2.11. The van der Waals surface area contributed by atoms with E-state index < -0.39 is 0 Å². The van der Waals surface area contributed by atoms with Crippen molar-refractivity contribution in [3.05, 3.63) is 28.8 Å². The number of halogens is 1. The molecule has 104 valence electrons. The molecule has 0 saturated carbocycles. The van der Waals surface area contributed by atoms with E-state index in [2.05, 4.69) is 0 Å². The Morgan fingerprint density at radius 3 is 2.58 bits per heavy atom. The van der Waals surface area contributed by atoms with Crippen molar-refractivity contribution in [2.45, 2.75) is 18.2 Å². The van der Waals surface area contributed by atoms with Crippen LogP contribution in [0.4, 0.5) is 4.79 Å². The third-order valence-corrected chi connectivity index (χ3v) is 3.75. The topological polar surface area (TPSA) is 46.6 Å². The van der Waals surface area contributed by atoms with E-state index in [-0.39, 0.29) is 17.6 Å². The maximum absolute atomic E-state index is 11.6. The summed E-state index contributed by atoms with van der Waals surface area (Å²) in [5, 5.41) is 0.363. The van der Waals surface area contributed by atoms with Crippen LogP contribution in [0.2, 0.25) is 5.02 Å². The number of esters is 1. The second-order valence-corrected chi connectivity index (χ2v) is 5.41. The van der Waals surface area contributed by atoms with Gasteiger partial charge in [0.25, 0.3) is 5.24 Å². The summed E-state index contributed by atoms with van der Waals surface area (Å²) in [6.07, 6.45) is 0.181. The lowest BCUT2D eigenvalue weighted by molar-refractivity contribution is -0.142. The molecule has 0 N–H and O–H groups in total. The van der Waals surface area contributed by atoms with Crippen LogP contribution < -0.4 is 0 Å². The fraction of sp³-hybridized carbons (Fsp3) is 0.385. The van der Waals surface area contributed by atoms with Gasteiger partial charge in [0.05, 0.1) is 18.1 Å². The van der Waals surface area contributed by atoms with Gasteiger partial charge >= 0.3 is 5.97 Å². The Kier molecular flexibility index (Phi) is 6.18. The van der Waals surface area contributed by atoms with Crippen LogP contribution in [0.25, 0.3) is 0 Å². The number of benzene rings is 1. The first kappa shape index (κ1) is 15.9. The molecule has 1 amide bonds. The molecule has 0 aliphatic heterocycles. The summed E-state index contributed by atoms with van der Waals surface area (Å²) in [5.74, 6) is -0.289. The molecule has 1 aromatic rings. The van der Waals surface area contributed by atoms with Crippen LogP contribution in [0.1, 0.15) is 12.5 Å². The molecule has 4 nitrogen and oxygen atoms in total. The van der Waals surface area contributed by atoms with Gasteiger partial charge in [-0.25, -0.2) is 0 Å². The molecule has 1 aromatic carbocycles. The van der Waals surface area contributed by atoms with Crippen LogP contribution in [0.15, 0.2) is 23.1 Å². The Morgan fingerprint density at radius 1 is 1.37 bits per heavy atom. The second kappa shape index (κ2) is 7.40. The maximum Gasteiger partial charge on any atom is 0.310 e. The SMILES string of the molecule is CCOC(=O)Cc1ccc(SC(=O)N(C)C)c(Cl)c1. The molecule has 0 fully saturated rings. The van der Waals surface area contributed by atoms with Crippen molar-refractivity contribution < 1.29 is 14.3 Å². The molecule has 0 aliphatic carbocycles. The van der Waals surface area contributed by atoms with Gasteiger partial charge in [0.1, 0.15) is 0 Å². The van der Waals surface area contributed by atoms with Crippen molar-refractivity contribution in [1.29, 1.82) is 0 Å². The first-order valence-corrected chi connectivity index (χ1v) is 6.96. The summed E-state index contributed by atoms with van der Waals surface area (Å²) < 4.78 is 4.86. The van der Waals surface area contributed by atoms with E-state index >= 15 is 0 Å². The highest BCUT2D eigenvalue weighted by molar-refractivity contribution is 8.13. The highest BCUT2D eigenvalue weighted by Crippen LogP contribution is 2.29. The monoisotopic (exact) mass is 301 g/mol. The first-order chi connectivity index (χ1) is 8.93. The average molecular weight is 302 g/mol. The predicted molar refractivity (Wildman–Crippen MR) is 76.7 cm³/mol. The number of ether oxygens (including phenoxy) is 1. The lowest BCUT2D eigenvalue weighted by Gasteiger charge is -2.10. The highest BCUT2D eigenvalue weighted by atomic mass is 35.5. The Labute approximate surface area is 122 Å². The summed E-state index contributed by atoms with van der Waals surface area (Å²) in [6, 6.07) is 5.20. The Morgan fingerprint density at radius 2 is 2.05 bits per heavy atom. The van der Waals surface area contributed by atoms with E-state index in [4.69, 9.17) is 16.3 Å². The van der Waals surface area contributed by atoms with Crippen molar-refractivity contribution in [3.8, 4) is 0 Å². The van der Waals surface area contributed by atoms with Crippen LogP contribution in [0.3, 0.4) is 0 Å². The third-order valence-electron chi connectivity index (χ3n) is 2.21. The smallest absolute Gasteiger partial charge is 0.310 e. The third kappa shape index (κ3) is 5.12. The van der Waals surface area contributed by atoms with Gasteiger partial charge < -0.3 is 9.64 Å². The number of nitrogens with zero attached hydrogens (tertiary/aromatic N) is 1. The lowest BCUT2D eigenvalue weighted by Crippen LogP contribution is -2.16. The molecular formula is C13H16ClNO3S. The molecule has 0 spiro atoms. The molecule has 0 aliphatic rings. The van der Waals surface area contributed by atoms with Crippen molar-refractivity contribution in [1.82, 2.24) is 4.90 Å². The minimum atomic E-state index is -0.289. The Hall–Kier alpha value is -1.20. The van der Waals surface area contributed by atoms with Gasteiger partial charge in [0.15, 0.2) is 0 Å². The molecule has 0 heterocycles. The summed E-state index contributed by atoms with van der Waals surface area (Å²) in [7, 11) is 3.36. The van der Waals surface area contributed by atoms with Crippen molar-refractivity contribution in [3.63, 3.8) is 0 Å². The molecule has 0 unspecified atom stereocenters. The first-order valence-electron chi connectivity index (χ1n) is 5.77. The van der Waals surface area contributed by atoms with Gasteiger partial charge in [-0.2, -0.15) is 0 Å². The molecule has 0 saturated heterocycles. The van der Waals surface area contributed by atoms with Crippen LogP contribution in [0.5, 0.6) is 0 Å². The number of hydrogen-bond acceptors (Lipinski definition) is 4.